The molecule has 1 aliphatic rings. The molecule has 0 bridgehead atoms. The second kappa shape index (κ2) is 6.84. The average molecular weight is 311 g/mol. The van der Waals surface area contributed by atoms with Crippen molar-refractivity contribution in [2.75, 3.05) is 20.3 Å². The van der Waals surface area contributed by atoms with Gasteiger partial charge in [-0.3, -0.25) is 4.79 Å². The van der Waals surface area contributed by atoms with Crippen LogP contribution in [0.25, 0.3) is 0 Å². The quantitative estimate of drug-likeness (QED) is 0.944. The summed E-state index contributed by atoms with van der Waals surface area (Å²) in [6.45, 7) is 0.197. The molecular weight excluding hydrogens is 290 g/mol. The van der Waals surface area contributed by atoms with Crippen LogP contribution in [0.1, 0.15) is 29.5 Å². The third-order valence-electron chi connectivity index (χ3n) is 4.52. The van der Waals surface area contributed by atoms with Crippen LogP contribution >= 0.6 is 0 Å². The van der Waals surface area contributed by atoms with E-state index in [0.29, 0.717) is 6.54 Å². The number of hydrogen-bond acceptors (Lipinski definition) is 3. The number of aliphatic hydroxyl groups excluding tert-OH is 1. The molecule has 2 aromatic carbocycles. The first kappa shape index (κ1) is 15.6. The average Bonchev–Trinajstić information content (AvgIpc) is 3.07. The van der Waals surface area contributed by atoms with Gasteiger partial charge in [-0.25, -0.2) is 0 Å². The highest BCUT2D eigenvalue weighted by Crippen LogP contribution is 2.44. The molecule has 1 saturated heterocycles. The van der Waals surface area contributed by atoms with Gasteiger partial charge in [-0.1, -0.05) is 42.5 Å². The van der Waals surface area contributed by atoms with Gasteiger partial charge in [-0.15, -0.1) is 0 Å². The van der Waals surface area contributed by atoms with Gasteiger partial charge in [0.05, 0.1) is 13.2 Å². The summed E-state index contributed by atoms with van der Waals surface area (Å²) < 4.78 is 5.32. The van der Waals surface area contributed by atoms with Crippen LogP contribution in [0.5, 0.6) is 5.75 Å². The number of hydrogen-bond donors (Lipinski definition) is 1. The van der Waals surface area contributed by atoms with Crippen molar-refractivity contribution in [1.29, 1.82) is 0 Å². The number of nitrogens with zero attached hydrogens (tertiary/aromatic N) is 1. The second-order valence-electron chi connectivity index (χ2n) is 5.77. The number of carbonyl (C=O) groups is 1. The van der Waals surface area contributed by atoms with Crippen molar-refractivity contribution in [3.63, 3.8) is 0 Å². The molecule has 0 saturated carbocycles. The zero-order valence-electron chi connectivity index (χ0n) is 13.2. The van der Waals surface area contributed by atoms with Crippen LogP contribution in [0, 0.1) is 0 Å². The van der Waals surface area contributed by atoms with E-state index in [2.05, 4.69) is 12.1 Å². The van der Waals surface area contributed by atoms with Crippen molar-refractivity contribution in [2.24, 2.45) is 0 Å². The fourth-order valence-electron chi connectivity index (χ4n) is 3.45. The molecule has 0 aromatic heterocycles. The minimum absolute atomic E-state index is 0.0767. The summed E-state index contributed by atoms with van der Waals surface area (Å²) in [4.78, 5) is 14.0. The van der Waals surface area contributed by atoms with E-state index in [0.717, 1.165) is 17.7 Å². The van der Waals surface area contributed by atoms with Gasteiger partial charge in [0.25, 0.3) is 0 Å². The van der Waals surface area contributed by atoms with Crippen LogP contribution in [-0.2, 0) is 4.79 Å². The van der Waals surface area contributed by atoms with E-state index in [1.807, 2.05) is 42.5 Å². The monoisotopic (exact) mass is 311 g/mol. The van der Waals surface area contributed by atoms with Crippen molar-refractivity contribution in [2.45, 2.75) is 18.4 Å². The first-order valence-corrected chi connectivity index (χ1v) is 7.84. The van der Waals surface area contributed by atoms with E-state index in [1.54, 1.807) is 12.0 Å². The summed E-state index contributed by atoms with van der Waals surface area (Å²) >= 11 is 0. The van der Waals surface area contributed by atoms with Crippen molar-refractivity contribution in [1.82, 2.24) is 4.90 Å². The van der Waals surface area contributed by atoms with Crippen LogP contribution in [0.15, 0.2) is 54.6 Å². The summed E-state index contributed by atoms with van der Waals surface area (Å²) in [7, 11) is 1.64. The Labute approximate surface area is 136 Å². The van der Waals surface area contributed by atoms with E-state index < -0.39 is 6.61 Å². The number of likely N-dealkylation sites (tertiary alicyclic amines) is 1. The molecule has 0 spiro atoms. The van der Waals surface area contributed by atoms with E-state index in [9.17, 15) is 9.90 Å². The summed E-state index contributed by atoms with van der Waals surface area (Å²) in [6, 6.07) is 18.0. The normalized spacial score (nSPS) is 20.5. The van der Waals surface area contributed by atoms with Crippen molar-refractivity contribution >= 4 is 5.91 Å². The van der Waals surface area contributed by atoms with Crippen molar-refractivity contribution in [3.05, 3.63) is 65.7 Å². The molecule has 1 aliphatic heterocycles. The summed E-state index contributed by atoms with van der Waals surface area (Å²) in [5.41, 5.74) is 2.26. The molecule has 2 aromatic rings. The molecule has 0 radical (unpaired) electrons. The highest BCUT2D eigenvalue weighted by Gasteiger charge is 2.38. The lowest BCUT2D eigenvalue weighted by Crippen LogP contribution is -2.33. The minimum atomic E-state index is -0.456. The molecule has 120 valence electrons. The highest BCUT2D eigenvalue weighted by molar-refractivity contribution is 5.78. The molecule has 1 fully saturated rings. The topological polar surface area (TPSA) is 49.8 Å². The van der Waals surface area contributed by atoms with Gasteiger partial charge in [0, 0.05) is 12.5 Å². The molecule has 4 heteroatoms. The van der Waals surface area contributed by atoms with E-state index in [4.69, 9.17) is 4.74 Å². The molecule has 0 aliphatic carbocycles. The zero-order valence-corrected chi connectivity index (χ0v) is 13.2. The third-order valence-corrected chi connectivity index (χ3v) is 4.52. The maximum Gasteiger partial charge on any atom is 0.248 e. The van der Waals surface area contributed by atoms with Gasteiger partial charge in [0.1, 0.15) is 12.4 Å². The molecular formula is C19H21NO3. The summed E-state index contributed by atoms with van der Waals surface area (Å²) in [5.74, 6) is 0.771. The number of rotatable bonds is 4. The SMILES string of the molecule is COc1cccc([C@H]2[C@H](c3ccccc3)CCN2C(=O)CO)c1. The molecule has 23 heavy (non-hydrogen) atoms. The number of methoxy groups -OCH3 is 1. The Kier molecular flexibility index (Phi) is 4.63. The minimum Gasteiger partial charge on any atom is -0.497 e. The lowest BCUT2D eigenvalue weighted by Gasteiger charge is -2.29. The van der Waals surface area contributed by atoms with Crippen molar-refractivity contribution < 1.29 is 14.6 Å². The first-order chi connectivity index (χ1) is 11.2. The Morgan fingerprint density at radius 1 is 1.17 bits per heavy atom. The number of amides is 1. The van der Waals surface area contributed by atoms with Gasteiger partial charge in [-0.05, 0) is 29.7 Å². The molecule has 4 nitrogen and oxygen atoms in total. The molecule has 2 atom stereocenters. The first-order valence-electron chi connectivity index (χ1n) is 7.84. The summed E-state index contributed by atoms with van der Waals surface area (Å²) in [6.07, 6.45) is 0.887. The predicted molar refractivity (Wildman–Crippen MR) is 88.3 cm³/mol. The largest absolute Gasteiger partial charge is 0.497 e. The summed E-state index contributed by atoms with van der Waals surface area (Å²) in [5, 5.41) is 9.30. The second-order valence-corrected chi connectivity index (χ2v) is 5.77. The van der Waals surface area contributed by atoms with Crippen LogP contribution in [0.2, 0.25) is 0 Å². The van der Waals surface area contributed by atoms with Gasteiger partial charge < -0.3 is 14.7 Å². The zero-order chi connectivity index (χ0) is 16.2. The Morgan fingerprint density at radius 3 is 2.61 bits per heavy atom. The van der Waals surface area contributed by atoms with E-state index in [1.165, 1.54) is 5.56 Å². The predicted octanol–water partition coefficient (Wildman–Crippen LogP) is 2.74. The van der Waals surface area contributed by atoms with E-state index in [-0.39, 0.29) is 17.9 Å². The van der Waals surface area contributed by atoms with Crippen LogP contribution in [0.3, 0.4) is 0 Å². The van der Waals surface area contributed by atoms with Crippen LogP contribution in [-0.4, -0.2) is 36.2 Å². The number of aliphatic hydroxyl groups is 1. The van der Waals surface area contributed by atoms with Gasteiger partial charge in [-0.2, -0.15) is 0 Å². The number of ether oxygens (including phenoxy) is 1. The Bertz CT molecular complexity index is 671. The van der Waals surface area contributed by atoms with Gasteiger partial charge >= 0.3 is 0 Å². The standard InChI is InChI=1S/C19H21NO3/c1-23-16-9-5-8-15(12-16)19-17(14-6-3-2-4-7-14)10-11-20(19)18(22)13-21/h2-9,12,17,19,21H,10-11,13H2,1H3/t17-,19-/m0/s1. The van der Waals surface area contributed by atoms with Gasteiger partial charge in [0.2, 0.25) is 5.91 Å². The smallest absolute Gasteiger partial charge is 0.248 e. The third kappa shape index (κ3) is 3.08. The molecule has 1 N–H and O–H groups in total. The molecule has 1 heterocycles. The fourth-order valence-corrected chi connectivity index (χ4v) is 3.45. The maximum absolute atomic E-state index is 12.2. The van der Waals surface area contributed by atoms with Gasteiger partial charge in [0.15, 0.2) is 0 Å². The Hall–Kier alpha value is -2.33. The lowest BCUT2D eigenvalue weighted by molar-refractivity contribution is -0.135. The lowest BCUT2D eigenvalue weighted by atomic mass is 9.87. The molecule has 0 unspecified atom stereocenters. The maximum atomic E-state index is 12.2. The Balaban J connectivity index is 2.01. The van der Waals surface area contributed by atoms with Crippen LogP contribution in [0.4, 0.5) is 0 Å². The number of benzene rings is 2. The van der Waals surface area contributed by atoms with Crippen LogP contribution < -0.4 is 4.74 Å². The molecule has 1 amide bonds. The van der Waals surface area contributed by atoms with Crippen molar-refractivity contribution in [3.8, 4) is 5.75 Å². The highest BCUT2D eigenvalue weighted by atomic mass is 16.5. The fraction of sp³-hybridized carbons (Fsp3) is 0.316. The number of carbonyl (C=O) groups excluding carboxylic acids is 1. The van der Waals surface area contributed by atoms with E-state index >= 15 is 0 Å². The molecule has 3 rings (SSSR count). The Morgan fingerprint density at radius 2 is 1.91 bits per heavy atom.